The molecule has 3 heterocycles. The molecular weight excluding hydrogens is 500 g/mol. The first-order valence-corrected chi connectivity index (χ1v) is 13.7. The van der Waals surface area contributed by atoms with Crippen LogP contribution in [0.15, 0.2) is 146 Å². The van der Waals surface area contributed by atoms with Gasteiger partial charge in [-0.2, -0.15) is 0 Å². The van der Waals surface area contributed by atoms with E-state index < -0.39 is 0 Å². The van der Waals surface area contributed by atoms with Crippen LogP contribution < -0.4 is 4.74 Å². The third kappa shape index (κ3) is 4.07. The average Bonchev–Trinajstić information content (AvgIpc) is 3.06. The summed E-state index contributed by atoms with van der Waals surface area (Å²) in [7, 11) is 0. The fourth-order valence-corrected chi connectivity index (χ4v) is 5.79. The van der Waals surface area contributed by atoms with Crippen LogP contribution in [0.1, 0.15) is 0 Å². The zero-order valence-corrected chi connectivity index (χ0v) is 22.2. The molecule has 1 aliphatic rings. The van der Waals surface area contributed by atoms with E-state index in [2.05, 4.69) is 108 Å². The highest BCUT2D eigenvalue weighted by atomic mass is 16.5. The molecular formula is C38H24N2O. The fourth-order valence-electron chi connectivity index (χ4n) is 5.79. The molecule has 41 heavy (non-hydrogen) atoms. The van der Waals surface area contributed by atoms with Crippen molar-refractivity contribution in [1.82, 2.24) is 9.97 Å². The van der Waals surface area contributed by atoms with Gasteiger partial charge in [0.2, 0.25) is 0 Å². The summed E-state index contributed by atoms with van der Waals surface area (Å²) in [6, 6.07) is 48.3. The molecule has 3 nitrogen and oxygen atoms in total. The summed E-state index contributed by atoms with van der Waals surface area (Å²) in [4.78, 5) is 9.41. The fraction of sp³-hybridized carbons (Fsp3) is 0. The maximum Gasteiger partial charge on any atom is 0.135 e. The molecule has 8 rings (SSSR count). The van der Waals surface area contributed by atoms with Gasteiger partial charge < -0.3 is 4.74 Å². The van der Waals surface area contributed by atoms with Crippen molar-refractivity contribution in [2.24, 2.45) is 0 Å². The number of benzene rings is 5. The zero-order chi connectivity index (χ0) is 27.2. The van der Waals surface area contributed by atoms with Gasteiger partial charge in [-0.3, -0.25) is 4.98 Å². The summed E-state index contributed by atoms with van der Waals surface area (Å²) in [5, 5.41) is 2.32. The van der Waals surface area contributed by atoms with Crippen LogP contribution in [0.5, 0.6) is 11.5 Å². The number of aromatic nitrogens is 2. The van der Waals surface area contributed by atoms with E-state index >= 15 is 0 Å². The van der Waals surface area contributed by atoms with E-state index in [9.17, 15) is 0 Å². The number of ether oxygens (including phenoxy) is 1. The maximum absolute atomic E-state index is 6.53. The molecule has 0 fully saturated rings. The van der Waals surface area contributed by atoms with Gasteiger partial charge in [-0.25, -0.2) is 4.98 Å². The standard InChI is InChI=1S/C38H24N2O/c1-2-9-25(10-3-1)26-18-19-30-32-14-7-13-31-29(20-21-36(38(31)32)41-37(30)24-26)27-11-6-12-28(23-27)33-16-8-17-35(40-33)34-15-4-5-22-39-34/h1-24H. The van der Waals surface area contributed by atoms with E-state index in [1.54, 1.807) is 6.20 Å². The molecule has 192 valence electrons. The first kappa shape index (κ1) is 23.4. The Kier molecular flexibility index (Phi) is 5.46. The van der Waals surface area contributed by atoms with Gasteiger partial charge >= 0.3 is 0 Å². The van der Waals surface area contributed by atoms with Crippen molar-refractivity contribution < 1.29 is 4.74 Å². The SMILES string of the molecule is c1ccc(-c2ccc3c(c2)Oc2ccc(-c4cccc(-c5cccc(-c6ccccn6)n5)c4)c4cccc-3c24)cc1. The number of hydrogen-bond donors (Lipinski definition) is 0. The monoisotopic (exact) mass is 524 g/mol. The van der Waals surface area contributed by atoms with Crippen LogP contribution in [0.3, 0.4) is 0 Å². The Morgan fingerprint density at radius 3 is 2.07 bits per heavy atom. The van der Waals surface area contributed by atoms with Crippen LogP contribution in [0.4, 0.5) is 0 Å². The van der Waals surface area contributed by atoms with Crippen molar-refractivity contribution in [2.45, 2.75) is 0 Å². The van der Waals surface area contributed by atoms with Gasteiger partial charge in [-0.15, -0.1) is 0 Å². The van der Waals surface area contributed by atoms with Crippen molar-refractivity contribution >= 4 is 10.8 Å². The molecule has 0 atom stereocenters. The van der Waals surface area contributed by atoms with Gasteiger partial charge in [0.05, 0.1) is 17.1 Å². The maximum atomic E-state index is 6.53. The third-order valence-corrected chi connectivity index (χ3v) is 7.75. The largest absolute Gasteiger partial charge is 0.456 e. The van der Waals surface area contributed by atoms with E-state index in [0.29, 0.717) is 0 Å². The second-order valence-corrected chi connectivity index (χ2v) is 10.2. The number of hydrogen-bond acceptors (Lipinski definition) is 3. The Bertz CT molecular complexity index is 2070. The van der Waals surface area contributed by atoms with E-state index in [1.807, 2.05) is 36.4 Å². The van der Waals surface area contributed by atoms with Crippen molar-refractivity contribution in [3.8, 4) is 67.5 Å². The summed E-state index contributed by atoms with van der Waals surface area (Å²) in [6.45, 7) is 0. The normalized spacial score (nSPS) is 11.6. The Balaban J connectivity index is 1.22. The number of pyridine rings is 2. The highest BCUT2D eigenvalue weighted by molar-refractivity contribution is 6.10. The highest BCUT2D eigenvalue weighted by Crippen LogP contribution is 2.49. The lowest BCUT2D eigenvalue weighted by atomic mass is 9.89. The van der Waals surface area contributed by atoms with Crippen molar-refractivity contribution in [2.75, 3.05) is 0 Å². The second kappa shape index (κ2) is 9.58. The lowest BCUT2D eigenvalue weighted by Gasteiger charge is -2.23. The van der Waals surface area contributed by atoms with E-state index in [-0.39, 0.29) is 0 Å². The molecule has 0 N–H and O–H groups in total. The average molecular weight is 525 g/mol. The van der Waals surface area contributed by atoms with Crippen molar-refractivity contribution in [3.05, 3.63) is 146 Å². The topological polar surface area (TPSA) is 35.0 Å². The van der Waals surface area contributed by atoms with Crippen LogP contribution in [-0.4, -0.2) is 9.97 Å². The molecule has 1 aliphatic heterocycles. The van der Waals surface area contributed by atoms with Crippen LogP contribution in [-0.2, 0) is 0 Å². The Morgan fingerprint density at radius 1 is 0.415 bits per heavy atom. The van der Waals surface area contributed by atoms with Gasteiger partial charge in [0.1, 0.15) is 11.5 Å². The third-order valence-electron chi connectivity index (χ3n) is 7.75. The summed E-state index contributed by atoms with van der Waals surface area (Å²) in [5.41, 5.74) is 10.7. The van der Waals surface area contributed by atoms with E-state index in [4.69, 9.17) is 9.72 Å². The van der Waals surface area contributed by atoms with Crippen LogP contribution in [0, 0.1) is 0 Å². The minimum absolute atomic E-state index is 0.862. The summed E-state index contributed by atoms with van der Waals surface area (Å²) >= 11 is 0. The van der Waals surface area contributed by atoms with Crippen LogP contribution >= 0.6 is 0 Å². The molecule has 0 unspecified atom stereocenters. The second-order valence-electron chi connectivity index (χ2n) is 10.2. The zero-order valence-electron chi connectivity index (χ0n) is 22.2. The summed E-state index contributed by atoms with van der Waals surface area (Å²) in [6.07, 6.45) is 1.80. The van der Waals surface area contributed by atoms with Crippen LogP contribution in [0.25, 0.3) is 66.8 Å². The molecule has 0 saturated carbocycles. The molecule has 7 aromatic rings. The van der Waals surface area contributed by atoms with Crippen molar-refractivity contribution in [3.63, 3.8) is 0 Å². The van der Waals surface area contributed by atoms with Crippen molar-refractivity contribution in [1.29, 1.82) is 0 Å². The minimum Gasteiger partial charge on any atom is -0.456 e. The minimum atomic E-state index is 0.862. The number of rotatable bonds is 4. The first-order chi connectivity index (χ1) is 20.3. The first-order valence-electron chi connectivity index (χ1n) is 13.7. The lowest BCUT2D eigenvalue weighted by Crippen LogP contribution is -1.98. The van der Waals surface area contributed by atoms with Crippen LogP contribution in [0.2, 0.25) is 0 Å². The number of fused-ring (bicyclic) bond motifs is 2. The molecule has 3 heteroatoms. The van der Waals surface area contributed by atoms with E-state index in [0.717, 1.165) is 56.2 Å². The smallest absolute Gasteiger partial charge is 0.135 e. The molecule has 5 aromatic carbocycles. The van der Waals surface area contributed by atoms with Gasteiger partial charge in [-0.05, 0) is 81.7 Å². The van der Waals surface area contributed by atoms with Gasteiger partial charge in [0, 0.05) is 22.7 Å². The van der Waals surface area contributed by atoms with Gasteiger partial charge in [0.15, 0.2) is 0 Å². The molecule has 0 spiro atoms. The summed E-state index contributed by atoms with van der Waals surface area (Å²) in [5.74, 6) is 1.78. The Hall–Kier alpha value is -5.54. The van der Waals surface area contributed by atoms with Gasteiger partial charge in [-0.1, -0.05) is 91.0 Å². The predicted molar refractivity (Wildman–Crippen MR) is 167 cm³/mol. The quantitative estimate of drug-likeness (QED) is 0.230. The number of nitrogens with zero attached hydrogens (tertiary/aromatic N) is 2. The Labute approximate surface area is 238 Å². The highest BCUT2D eigenvalue weighted by Gasteiger charge is 2.22. The molecule has 0 amide bonds. The molecule has 0 bridgehead atoms. The molecule has 0 saturated heterocycles. The molecule has 0 radical (unpaired) electrons. The van der Waals surface area contributed by atoms with Gasteiger partial charge in [0.25, 0.3) is 0 Å². The van der Waals surface area contributed by atoms with E-state index in [1.165, 1.54) is 22.1 Å². The Morgan fingerprint density at radius 2 is 1.17 bits per heavy atom. The predicted octanol–water partition coefficient (Wildman–Crippen LogP) is 10.1. The molecule has 0 aliphatic carbocycles. The summed E-state index contributed by atoms with van der Waals surface area (Å²) < 4.78 is 6.53. The molecule has 2 aromatic heterocycles. The lowest BCUT2D eigenvalue weighted by molar-refractivity contribution is 0.487.